The quantitative estimate of drug-likeness (QED) is 0.838. The molecule has 2 atom stereocenters. The lowest BCUT2D eigenvalue weighted by atomic mass is 9.91. The SMILES string of the molecule is Cc1nn(C)c(C(=O)N2CCCC3CCCC32)c1N. The zero-order valence-corrected chi connectivity index (χ0v) is 11.7. The van der Waals surface area contributed by atoms with Gasteiger partial charge in [0.05, 0.1) is 11.4 Å². The zero-order valence-electron chi connectivity index (χ0n) is 11.7. The minimum absolute atomic E-state index is 0.0669. The zero-order chi connectivity index (χ0) is 13.6. The number of carbonyl (C=O) groups excluding carboxylic acids is 1. The Balaban J connectivity index is 1.90. The topological polar surface area (TPSA) is 64.2 Å². The van der Waals surface area contributed by atoms with Crippen molar-refractivity contribution in [3.05, 3.63) is 11.4 Å². The predicted octanol–water partition coefficient (Wildman–Crippen LogP) is 1.72. The maximum Gasteiger partial charge on any atom is 0.274 e. The second-order valence-corrected chi connectivity index (χ2v) is 5.87. The van der Waals surface area contributed by atoms with Crippen molar-refractivity contribution in [2.45, 2.75) is 45.1 Å². The van der Waals surface area contributed by atoms with Crippen LogP contribution < -0.4 is 5.73 Å². The van der Waals surface area contributed by atoms with Gasteiger partial charge < -0.3 is 10.6 Å². The lowest BCUT2D eigenvalue weighted by Gasteiger charge is -2.37. The van der Waals surface area contributed by atoms with Gasteiger partial charge >= 0.3 is 0 Å². The minimum atomic E-state index is 0.0669. The lowest BCUT2D eigenvalue weighted by Crippen LogP contribution is -2.46. The number of hydrogen-bond acceptors (Lipinski definition) is 3. The van der Waals surface area contributed by atoms with Crippen molar-refractivity contribution in [2.75, 3.05) is 12.3 Å². The average molecular weight is 262 g/mol. The Bertz CT molecular complexity index is 508. The second kappa shape index (κ2) is 4.54. The maximum absolute atomic E-state index is 12.8. The fraction of sp³-hybridized carbons (Fsp3) is 0.714. The van der Waals surface area contributed by atoms with Crippen LogP contribution in [-0.2, 0) is 7.05 Å². The normalized spacial score (nSPS) is 26.5. The Kier molecular flexibility index (Phi) is 2.99. The molecule has 1 amide bonds. The smallest absolute Gasteiger partial charge is 0.274 e. The summed E-state index contributed by atoms with van der Waals surface area (Å²) in [5.74, 6) is 0.769. The molecule has 1 aromatic rings. The number of aromatic nitrogens is 2. The molecule has 1 aliphatic carbocycles. The number of nitrogen functional groups attached to an aromatic ring is 1. The largest absolute Gasteiger partial charge is 0.395 e. The molecule has 104 valence electrons. The first-order chi connectivity index (χ1) is 9.09. The third kappa shape index (κ3) is 1.91. The van der Waals surface area contributed by atoms with Crippen molar-refractivity contribution in [1.29, 1.82) is 0 Å². The molecule has 2 aliphatic rings. The van der Waals surface area contributed by atoms with Crippen LogP contribution in [0.2, 0.25) is 0 Å². The summed E-state index contributed by atoms with van der Waals surface area (Å²) in [5, 5.41) is 4.26. The number of amides is 1. The van der Waals surface area contributed by atoms with Gasteiger partial charge in [-0.15, -0.1) is 0 Å². The summed E-state index contributed by atoms with van der Waals surface area (Å²) in [6.07, 6.45) is 6.05. The standard InChI is InChI=1S/C14H22N4O/c1-9-12(15)13(17(2)16-9)14(19)18-8-4-6-10-5-3-7-11(10)18/h10-11H,3-8,15H2,1-2H3. The highest BCUT2D eigenvalue weighted by atomic mass is 16.2. The number of rotatable bonds is 1. The molecule has 0 aromatic carbocycles. The Morgan fingerprint density at radius 2 is 2.05 bits per heavy atom. The number of nitrogens with two attached hydrogens (primary N) is 1. The molecular weight excluding hydrogens is 240 g/mol. The molecule has 1 aromatic heterocycles. The van der Waals surface area contributed by atoms with Gasteiger partial charge in [0, 0.05) is 19.6 Å². The van der Waals surface area contributed by atoms with E-state index in [9.17, 15) is 4.79 Å². The van der Waals surface area contributed by atoms with Gasteiger partial charge in [-0.2, -0.15) is 5.10 Å². The van der Waals surface area contributed by atoms with Crippen molar-refractivity contribution < 1.29 is 4.79 Å². The van der Waals surface area contributed by atoms with Crippen LogP contribution in [0.25, 0.3) is 0 Å². The van der Waals surface area contributed by atoms with Crippen molar-refractivity contribution in [2.24, 2.45) is 13.0 Å². The van der Waals surface area contributed by atoms with Crippen LogP contribution in [0.3, 0.4) is 0 Å². The number of hydrogen-bond donors (Lipinski definition) is 1. The van der Waals surface area contributed by atoms with Crippen LogP contribution >= 0.6 is 0 Å². The Labute approximate surface area is 113 Å². The van der Waals surface area contributed by atoms with Crippen LogP contribution in [-0.4, -0.2) is 33.2 Å². The first-order valence-corrected chi connectivity index (χ1v) is 7.19. The summed E-state index contributed by atoms with van der Waals surface area (Å²) in [4.78, 5) is 14.8. The fourth-order valence-corrected chi connectivity index (χ4v) is 3.77. The molecule has 1 saturated carbocycles. The molecule has 2 unspecified atom stereocenters. The molecule has 1 saturated heterocycles. The number of fused-ring (bicyclic) bond motifs is 1. The van der Waals surface area contributed by atoms with E-state index in [1.54, 1.807) is 11.7 Å². The molecule has 5 heteroatoms. The van der Waals surface area contributed by atoms with Gasteiger partial charge in [-0.25, -0.2) is 0 Å². The van der Waals surface area contributed by atoms with Crippen LogP contribution in [0.1, 0.15) is 48.3 Å². The number of aryl methyl sites for hydroxylation is 2. The average Bonchev–Trinajstić information content (AvgIpc) is 2.94. The molecule has 1 aliphatic heterocycles. The van der Waals surface area contributed by atoms with Crippen molar-refractivity contribution >= 4 is 11.6 Å². The highest BCUT2D eigenvalue weighted by Crippen LogP contribution is 2.37. The molecule has 0 radical (unpaired) electrons. The van der Waals surface area contributed by atoms with E-state index >= 15 is 0 Å². The molecule has 2 N–H and O–H groups in total. The number of likely N-dealkylation sites (tertiary alicyclic amines) is 1. The van der Waals surface area contributed by atoms with Gasteiger partial charge in [0.1, 0.15) is 5.69 Å². The molecule has 2 fully saturated rings. The lowest BCUT2D eigenvalue weighted by molar-refractivity contribution is 0.0538. The summed E-state index contributed by atoms with van der Waals surface area (Å²) in [6.45, 7) is 2.71. The van der Waals surface area contributed by atoms with Gasteiger partial charge in [-0.3, -0.25) is 9.48 Å². The summed E-state index contributed by atoms with van der Waals surface area (Å²) in [5.41, 5.74) is 7.85. The van der Waals surface area contributed by atoms with E-state index < -0.39 is 0 Å². The van der Waals surface area contributed by atoms with Crippen LogP contribution in [0, 0.1) is 12.8 Å². The predicted molar refractivity (Wildman–Crippen MR) is 73.8 cm³/mol. The number of carbonyl (C=O) groups is 1. The fourth-order valence-electron chi connectivity index (χ4n) is 3.77. The number of nitrogens with zero attached hydrogens (tertiary/aromatic N) is 3. The maximum atomic E-state index is 12.8. The van der Waals surface area contributed by atoms with Crippen LogP contribution in [0.15, 0.2) is 0 Å². The second-order valence-electron chi connectivity index (χ2n) is 5.87. The molecule has 5 nitrogen and oxygen atoms in total. The van der Waals surface area contributed by atoms with Gasteiger partial charge in [-0.1, -0.05) is 6.42 Å². The highest BCUT2D eigenvalue weighted by Gasteiger charge is 2.38. The van der Waals surface area contributed by atoms with E-state index in [-0.39, 0.29) is 5.91 Å². The Morgan fingerprint density at radius 1 is 1.32 bits per heavy atom. The number of piperidine rings is 1. The van der Waals surface area contributed by atoms with Crippen LogP contribution in [0.5, 0.6) is 0 Å². The van der Waals surface area contributed by atoms with Crippen LogP contribution in [0.4, 0.5) is 5.69 Å². The minimum Gasteiger partial charge on any atom is -0.395 e. The first kappa shape index (κ1) is 12.5. The molecule has 3 rings (SSSR count). The van der Waals surface area contributed by atoms with Crippen molar-refractivity contribution in [1.82, 2.24) is 14.7 Å². The molecule has 2 heterocycles. The molecule has 0 spiro atoms. The molecular formula is C14H22N4O. The van der Waals surface area contributed by atoms with Gasteiger partial charge in [0.15, 0.2) is 0 Å². The Hall–Kier alpha value is -1.52. The Morgan fingerprint density at radius 3 is 2.74 bits per heavy atom. The van der Waals surface area contributed by atoms with Crippen molar-refractivity contribution in [3.63, 3.8) is 0 Å². The third-order valence-electron chi connectivity index (χ3n) is 4.73. The van der Waals surface area contributed by atoms with Gasteiger partial charge in [-0.05, 0) is 38.5 Å². The summed E-state index contributed by atoms with van der Waals surface area (Å²) in [7, 11) is 1.80. The third-order valence-corrected chi connectivity index (χ3v) is 4.73. The molecule has 0 bridgehead atoms. The van der Waals surface area contributed by atoms with Crippen molar-refractivity contribution in [3.8, 4) is 0 Å². The van der Waals surface area contributed by atoms with E-state index in [1.807, 2.05) is 11.8 Å². The first-order valence-electron chi connectivity index (χ1n) is 7.19. The van der Waals surface area contributed by atoms with E-state index in [1.165, 1.54) is 19.3 Å². The summed E-state index contributed by atoms with van der Waals surface area (Å²) >= 11 is 0. The highest BCUT2D eigenvalue weighted by molar-refractivity contribution is 5.98. The van der Waals surface area contributed by atoms with E-state index in [4.69, 9.17) is 5.73 Å². The monoisotopic (exact) mass is 262 g/mol. The summed E-state index contributed by atoms with van der Waals surface area (Å²) in [6, 6.07) is 0.427. The van der Waals surface area contributed by atoms with E-state index in [0.717, 1.165) is 25.1 Å². The van der Waals surface area contributed by atoms with E-state index in [2.05, 4.69) is 5.10 Å². The van der Waals surface area contributed by atoms with Gasteiger partial charge in [0.2, 0.25) is 0 Å². The summed E-state index contributed by atoms with van der Waals surface area (Å²) < 4.78 is 1.63. The molecule has 19 heavy (non-hydrogen) atoms. The van der Waals surface area contributed by atoms with Gasteiger partial charge in [0.25, 0.3) is 5.91 Å². The van der Waals surface area contributed by atoms with E-state index in [0.29, 0.717) is 23.3 Å². The number of anilines is 1.